The zero-order chi connectivity index (χ0) is 22.1. The van der Waals surface area contributed by atoms with E-state index in [1.165, 1.54) is 0 Å². The zero-order valence-corrected chi connectivity index (χ0v) is 20.0. The Morgan fingerprint density at radius 1 is 1.00 bits per heavy atom. The van der Waals surface area contributed by atoms with E-state index in [1.807, 2.05) is 24.3 Å². The summed E-state index contributed by atoms with van der Waals surface area (Å²) in [5.41, 5.74) is 0.536. The molecule has 0 amide bonds. The zero-order valence-electron chi connectivity index (χ0n) is 19.0. The van der Waals surface area contributed by atoms with E-state index < -0.39 is 8.32 Å². The number of rotatable bonds is 8. The normalized spacial score (nSPS) is 12.5. The summed E-state index contributed by atoms with van der Waals surface area (Å²) in [6, 6.07) is 9.58. The van der Waals surface area contributed by atoms with Gasteiger partial charge in [0.05, 0.1) is 19.6 Å². The quantitative estimate of drug-likeness (QED) is 0.230. The first kappa shape index (κ1) is 22.4. The van der Waals surface area contributed by atoms with Gasteiger partial charge in [0.25, 0.3) is 0 Å². The first-order chi connectivity index (χ1) is 14.1. The van der Waals surface area contributed by atoms with Crippen LogP contribution in [0.3, 0.4) is 0 Å². The minimum Gasteiger partial charge on any atom is -0.495 e. The van der Waals surface area contributed by atoms with Gasteiger partial charge in [-0.2, -0.15) is 0 Å². The Morgan fingerprint density at radius 3 is 2.17 bits per heavy atom. The summed E-state index contributed by atoms with van der Waals surface area (Å²) in [7, 11) is 1.43. The van der Waals surface area contributed by atoms with Gasteiger partial charge in [-0.05, 0) is 30.6 Å². The molecule has 5 nitrogen and oxygen atoms in total. The van der Waals surface area contributed by atoms with Crippen LogP contribution in [-0.2, 0) is 4.43 Å². The van der Waals surface area contributed by atoms with E-state index in [1.54, 1.807) is 20.3 Å². The van der Waals surface area contributed by atoms with Gasteiger partial charge in [-0.1, -0.05) is 45.0 Å². The molecule has 0 aliphatic rings. The Labute approximate surface area is 179 Å². The molecule has 30 heavy (non-hydrogen) atoms. The van der Waals surface area contributed by atoms with Gasteiger partial charge < -0.3 is 18.3 Å². The second-order valence-corrected chi connectivity index (χ2v) is 13.9. The van der Waals surface area contributed by atoms with E-state index in [-0.39, 0.29) is 10.8 Å². The second-order valence-electron chi connectivity index (χ2n) is 9.10. The Kier molecular flexibility index (Phi) is 6.29. The van der Waals surface area contributed by atoms with Crippen molar-refractivity contribution < 1.29 is 23.1 Å². The number of hydrogen-bond acceptors (Lipinski definition) is 5. The molecule has 0 bridgehead atoms. The van der Waals surface area contributed by atoms with Crippen LogP contribution in [0.1, 0.15) is 44.2 Å². The molecule has 3 aromatic rings. The average Bonchev–Trinajstić information content (AvgIpc) is 3.13. The van der Waals surface area contributed by atoms with Crippen molar-refractivity contribution >= 4 is 35.8 Å². The Balaban J connectivity index is 1.83. The maximum atomic E-state index is 12.8. The highest BCUT2D eigenvalue weighted by Crippen LogP contribution is 2.44. The van der Waals surface area contributed by atoms with Crippen LogP contribution in [0.2, 0.25) is 18.1 Å². The highest BCUT2D eigenvalue weighted by molar-refractivity contribution is 6.74. The van der Waals surface area contributed by atoms with Crippen molar-refractivity contribution in [1.29, 1.82) is 0 Å². The number of fused-ring (bicyclic) bond motifs is 2. The van der Waals surface area contributed by atoms with Crippen molar-refractivity contribution in [3.63, 3.8) is 0 Å². The van der Waals surface area contributed by atoms with Crippen molar-refractivity contribution in [2.24, 2.45) is 0 Å². The van der Waals surface area contributed by atoms with Crippen molar-refractivity contribution in [3.8, 4) is 11.5 Å². The number of benzene rings is 2. The molecule has 1 aromatic heterocycles. The van der Waals surface area contributed by atoms with Gasteiger partial charge in [0.15, 0.2) is 31.2 Å². The Hall–Kier alpha value is -2.31. The number of furan rings is 1. The molecule has 6 heteroatoms. The summed E-state index contributed by atoms with van der Waals surface area (Å²) in [6.45, 7) is 11.7. The molecule has 1 heterocycles. The summed E-state index contributed by atoms with van der Waals surface area (Å²) >= 11 is 0. The van der Waals surface area contributed by atoms with Gasteiger partial charge >= 0.3 is 0 Å². The summed E-state index contributed by atoms with van der Waals surface area (Å²) in [5, 5.41) is 2.71. The van der Waals surface area contributed by atoms with Gasteiger partial charge in [0, 0.05) is 23.8 Å². The summed E-state index contributed by atoms with van der Waals surface area (Å²) in [5.74, 6) is 1.58. The van der Waals surface area contributed by atoms with E-state index in [0.29, 0.717) is 42.3 Å². The minimum atomic E-state index is -1.80. The van der Waals surface area contributed by atoms with E-state index in [2.05, 4.69) is 33.9 Å². The molecule has 0 spiro atoms. The SMILES string of the molecule is COc1c2ccccc2c(OC)c2oc(C(=O)CCCO[Si](C)(C)C(C)(C)C)cc12. The molecule has 0 saturated carbocycles. The van der Waals surface area contributed by atoms with Crippen LogP contribution in [0.4, 0.5) is 0 Å². The van der Waals surface area contributed by atoms with Gasteiger partial charge in [0.2, 0.25) is 0 Å². The molecule has 0 N–H and O–H groups in total. The van der Waals surface area contributed by atoms with Gasteiger partial charge in [0.1, 0.15) is 5.75 Å². The lowest BCUT2D eigenvalue weighted by Crippen LogP contribution is -2.41. The number of carbonyl (C=O) groups excluding carboxylic acids is 1. The standard InChI is InChI=1S/C24H32O5Si/c1-24(2,3)30(6,7)28-14-10-13-19(25)20-15-18-21(26-4)16-11-8-9-12-17(16)22(27-5)23(18)29-20/h8-9,11-12,15H,10,13-14H2,1-7H3. The molecule has 0 aliphatic carbocycles. The van der Waals surface area contributed by atoms with Crippen LogP contribution in [-0.4, -0.2) is 34.9 Å². The van der Waals surface area contributed by atoms with E-state index in [9.17, 15) is 4.79 Å². The maximum absolute atomic E-state index is 12.8. The molecule has 162 valence electrons. The van der Waals surface area contributed by atoms with Gasteiger partial charge in [-0.3, -0.25) is 4.79 Å². The highest BCUT2D eigenvalue weighted by atomic mass is 28.4. The van der Waals surface area contributed by atoms with Crippen LogP contribution in [0.5, 0.6) is 11.5 Å². The largest absolute Gasteiger partial charge is 0.495 e. The van der Waals surface area contributed by atoms with E-state index >= 15 is 0 Å². The number of carbonyl (C=O) groups is 1. The molecule has 0 unspecified atom stereocenters. The van der Waals surface area contributed by atoms with Gasteiger partial charge in [-0.25, -0.2) is 0 Å². The number of hydrogen-bond donors (Lipinski definition) is 0. The smallest absolute Gasteiger partial charge is 0.198 e. The topological polar surface area (TPSA) is 57.9 Å². The van der Waals surface area contributed by atoms with Crippen molar-refractivity contribution in [2.45, 2.75) is 51.7 Å². The maximum Gasteiger partial charge on any atom is 0.198 e. The molecule has 0 aliphatic heterocycles. The number of ketones is 1. The van der Waals surface area contributed by atoms with Crippen LogP contribution in [0.15, 0.2) is 34.7 Å². The van der Waals surface area contributed by atoms with Crippen molar-refractivity contribution in [2.75, 3.05) is 20.8 Å². The molecule has 0 saturated heterocycles. The first-order valence-electron chi connectivity index (χ1n) is 10.3. The second kappa shape index (κ2) is 8.44. The summed E-state index contributed by atoms with van der Waals surface area (Å²) < 4.78 is 23.4. The third-order valence-electron chi connectivity index (χ3n) is 6.10. The van der Waals surface area contributed by atoms with Gasteiger partial charge in [-0.15, -0.1) is 0 Å². The van der Waals surface area contributed by atoms with Crippen LogP contribution in [0.25, 0.3) is 21.7 Å². The Morgan fingerprint density at radius 2 is 1.60 bits per heavy atom. The fourth-order valence-corrected chi connectivity index (χ4v) is 4.42. The van der Waals surface area contributed by atoms with Crippen LogP contribution in [0, 0.1) is 0 Å². The summed E-state index contributed by atoms with van der Waals surface area (Å²) in [4.78, 5) is 12.8. The average molecular weight is 429 g/mol. The third-order valence-corrected chi connectivity index (χ3v) is 10.6. The molecule has 0 fully saturated rings. The predicted octanol–water partition coefficient (Wildman–Crippen LogP) is 6.59. The fourth-order valence-electron chi connectivity index (χ4n) is 3.33. The molecule has 0 radical (unpaired) electrons. The molecular weight excluding hydrogens is 396 g/mol. The highest BCUT2D eigenvalue weighted by Gasteiger charge is 2.36. The lowest BCUT2D eigenvalue weighted by atomic mass is 10.0. The van der Waals surface area contributed by atoms with Crippen LogP contribution >= 0.6 is 0 Å². The summed E-state index contributed by atoms with van der Waals surface area (Å²) in [6.07, 6.45) is 1.04. The minimum absolute atomic E-state index is 0.0433. The third kappa shape index (κ3) is 4.11. The van der Waals surface area contributed by atoms with Crippen LogP contribution < -0.4 is 9.47 Å². The lowest BCUT2D eigenvalue weighted by molar-refractivity contribution is 0.0947. The molecule has 0 atom stereocenters. The van der Waals surface area contributed by atoms with E-state index in [4.69, 9.17) is 18.3 Å². The number of methoxy groups -OCH3 is 2. The number of ether oxygens (including phenoxy) is 2. The van der Waals surface area contributed by atoms with Crippen molar-refractivity contribution in [1.82, 2.24) is 0 Å². The fraction of sp³-hybridized carbons (Fsp3) is 0.458. The van der Waals surface area contributed by atoms with E-state index in [0.717, 1.165) is 16.2 Å². The number of Topliss-reactive ketones (excluding diaryl/α,β-unsaturated/α-hetero) is 1. The monoisotopic (exact) mass is 428 g/mol. The van der Waals surface area contributed by atoms with Crippen molar-refractivity contribution in [3.05, 3.63) is 36.1 Å². The lowest BCUT2D eigenvalue weighted by Gasteiger charge is -2.36. The molecular formula is C24H32O5Si. The molecule has 3 rings (SSSR count). The molecule has 2 aromatic carbocycles. The Bertz CT molecular complexity index is 998. The first-order valence-corrected chi connectivity index (χ1v) is 13.2. The predicted molar refractivity (Wildman–Crippen MR) is 124 cm³/mol.